The molecule has 0 unspecified atom stereocenters. The summed E-state index contributed by atoms with van der Waals surface area (Å²) in [6.07, 6.45) is 1.83. The van der Waals surface area contributed by atoms with Crippen molar-refractivity contribution in [2.45, 2.75) is 6.92 Å². The molecule has 0 saturated carbocycles. The average molecular weight is 288 g/mol. The number of aromatic nitrogens is 1. The molecule has 2 aromatic carbocycles. The average Bonchev–Trinajstić information content (AvgIpc) is 2.56. The van der Waals surface area contributed by atoms with Crippen molar-refractivity contribution in [2.24, 2.45) is 0 Å². The SMILES string of the molecule is Cc1ccc(Nc2ncc3ccccc3c2C#CCO)cc1. The molecule has 0 fully saturated rings. The van der Waals surface area contributed by atoms with Gasteiger partial charge in [-0.25, -0.2) is 4.98 Å². The molecular weight excluding hydrogens is 272 g/mol. The van der Waals surface area contributed by atoms with Crippen LogP contribution in [0.25, 0.3) is 10.8 Å². The predicted molar refractivity (Wildman–Crippen MR) is 90.2 cm³/mol. The lowest BCUT2D eigenvalue weighted by Gasteiger charge is -2.10. The van der Waals surface area contributed by atoms with Crippen LogP contribution in [0.15, 0.2) is 54.7 Å². The van der Waals surface area contributed by atoms with Crippen molar-refractivity contribution in [1.82, 2.24) is 4.98 Å². The van der Waals surface area contributed by atoms with Crippen LogP contribution in [0.2, 0.25) is 0 Å². The number of nitrogens with zero attached hydrogens (tertiary/aromatic N) is 1. The molecule has 3 aromatic rings. The Bertz CT molecular complexity index is 858. The zero-order chi connectivity index (χ0) is 15.4. The lowest BCUT2D eigenvalue weighted by molar-refractivity contribution is 0.350. The van der Waals surface area contributed by atoms with E-state index in [4.69, 9.17) is 5.11 Å². The van der Waals surface area contributed by atoms with Gasteiger partial charge in [-0.2, -0.15) is 0 Å². The van der Waals surface area contributed by atoms with Crippen LogP contribution in [0.1, 0.15) is 11.1 Å². The summed E-state index contributed by atoms with van der Waals surface area (Å²) in [7, 11) is 0. The Morgan fingerprint density at radius 3 is 2.64 bits per heavy atom. The minimum absolute atomic E-state index is 0.173. The summed E-state index contributed by atoms with van der Waals surface area (Å²) in [5.74, 6) is 6.43. The Morgan fingerprint density at radius 2 is 1.86 bits per heavy atom. The molecule has 3 rings (SSSR count). The molecule has 0 aliphatic heterocycles. The van der Waals surface area contributed by atoms with Gasteiger partial charge in [-0.05, 0) is 19.1 Å². The Labute approximate surface area is 129 Å². The highest BCUT2D eigenvalue weighted by molar-refractivity contribution is 5.92. The topological polar surface area (TPSA) is 45.2 Å². The Kier molecular flexibility index (Phi) is 4.04. The number of fused-ring (bicyclic) bond motifs is 1. The Hall–Kier alpha value is -2.83. The fourth-order valence-electron chi connectivity index (χ4n) is 2.29. The maximum Gasteiger partial charge on any atom is 0.146 e. The molecule has 22 heavy (non-hydrogen) atoms. The molecule has 3 heteroatoms. The zero-order valence-electron chi connectivity index (χ0n) is 12.3. The number of nitrogens with one attached hydrogen (secondary N) is 1. The van der Waals surface area contributed by atoms with Gasteiger partial charge >= 0.3 is 0 Å². The summed E-state index contributed by atoms with van der Waals surface area (Å²) >= 11 is 0. The second-order valence-electron chi connectivity index (χ2n) is 5.02. The zero-order valence-corrected chi connectivity index (χ0v) is 12.3. The van der Waals surface area contributed by atoms with Gasteiger partial charge < -0.3 is 10.4 Å². The molecule has 0 aliphatic rings. The first-order chi connectivity index (χ1) is 10.8. The molecule has 1 aromatic heterocycles. The van der Waals surface area contributed by atoms with Gasteiger partial charge in [-0.3, -0.25) is 0 Å². The second-order valence-corrected chi connectivity index (χ2v) is 5.02. The third-order valence-corrected chi connectivity index (χ3v) is 3.41. The van der Waals surface area contributed by atoms with Crippen LogP contribution in [-0.2, 0) is 0 Å². The minimum atomic E-state index is -0.173. The molecular formula is C19H16N2O. The van der Waals surface area contributed by atoms with Gasteiger partial charge in [0.1, 0.15) is 12.4 Å². The van der Waals surface area contributed by atoms with E-state index < -0.39 is 0 Å². The highest BCUT2D eigenvalue weighted by Gasteiger charge is 2.07. The van der Waals surface area contributed by atoms with Crippen LogP contribution < -0.4 is 5.32 Å². The van der Waals surface area contributed by atoms with Crippen molar-refractivity contribution in [3.8, 4) is 11.8 Å². The van der Waals surface area contributed by atoms with Crippen LogP contribution in [0.5, 0.6) is 0 Å². The summed E-state index contributed by atoms with van der Waals surface area (Å²) in [6.45, 7) is 1.88. The van der Waals surface area contributed by atoms with E-state index in [0.717, 1.165) is 22.0 Å². The number of anilines is 2. The van der Waals surface area contributed by atoms with E-state index in [1.54, 1.807) is 0 Å². The molecule has 0 amide bonds. The van der Waals surface area contributed by atoms with E-state index in [0.29, 0.717) is 5.82 Å². The maximum absolute atomic E-state index is 9.00. The number of hydrogen-bond acceptors (Lipinski definition) is 3. The molecule has 0 aliphatic carbocycles. The van der Waals surface area contributed by atoms with E-state index in [2.05, 4.69) is 29.1 Å². The van der Waals surface area contributed by atoms with Crippen LogP contribution in [-0.4, -0.2) is 16.7 Å². The summed E-state index contributed by atoms with van der Waals surface area (Å²) < 4.78 is 0. The number of benzene rings is 2. The van der Waals surface area contributed by atoms with E-state index in [9.17, 15) is 0 Å². The number of pyridine rings is 1. The Morgan fingerprint density at radius 1 is 1.09 bits per heavy atom. The molecule has 0 spiro atoms. The van der Waals surface area contributed by atoms with Gasteiger partial charge in [0.05, 0.1) is 5.56 Å². The number of aryl methyl sites for hydroxylation is 1. The molecule has 0 saturated heterocycles. The van der Waals surface area contributed by atoms with Crippen molar-refractivity contribution in [3.63, 3.8) is 0 Å². The summed E-state index contributed by atoms with van der Waals surface area (Å²) in [5.41, 5.74) is 2.96. The molecule has 2 N–H and O–H groups in total. The number of rotatable bonds is 2. The van der Waals surface area contributed by atoms with Gasteiger partial charge in [0.15, 0.2) is 0 Å². The third-order valence-electron chi connectivity index (χ3n) is 3.41. The summed E-state index contributed by atoms with van der Waals surface area (Å²) in [6, 6.07) is 16.1. The van der Waals surface area contributed by atoms with Gasteiger partial charge in [0.2, 0.25) is 0 Å². The number of aliphatic hydroxyl groups is 1. The molecule has 3 nitrogen and oxygen atoms in total. The fraction of sp³-hybridized carbons (Fsp3) is 0.105. The Balaban J connectivity index is 2.09. The molecule has 0 radical (unpaired) electrons. The maximum atomic E-state index is 9.00. The lowest BCUT2D eigenvalue weighted by Crippen LogP contribution is -1.98. The van der Waals surface area contributed by atoms with Crippen molar-refractivity contribution in [3.05, 3.63) is 65.9 Å². The first-order valence-corrected chi connectivity index (χ1v) is 7.09. The minimum Gasteiger partial charge on any atom is -0.384 e. The van der Waals surface area contributed by atoms with Gasteiger partial charge in [-0.1, -0.05) is 53.8 Å². The molecule has 108 valence electrons. The van der Waals surface area contributed by atoms with Crippen molar-refractivity contribution in [2.75, 3.05) is 11.9 Å². The molecule has 0 atom stereocenters. The van der Waals surface area contributed by atoms with Gasteiger partial charge in [0.25, 0.3) is 0 Å². The monoisotopic (exact) mass is 288 g/mol. The van der Waals surface area contributed by atoms with E-state index in [-0.39, 0.29) is 6.61 Å². The molecule has 1 heterocycles. The number of hydrogen-bond donors (Lipinski definition) is 2. The quantitative estimate of drug-likeness (QED) is 0.708. The number of aliphatic hydroxyl groups excluding tert-OH is 1. The second kappa shape index (κ2) is 6.30. The predicted octanol–water partition coefficient (Wildman–Crippen LogP) is 3.63. The van der Waals surface area contributed by atoms with Gasteiger partial charge in [0, 0.05) is 22.7 Å². The van der Waals surface area contributed by atoms with E-state index in [1.165, 1.54) is 5.56 Å². The van der Waals surface area contributed by atoms with Crippen molar-refractivity contribution in [1.29, 1.82) is 0 Å². The third kappa shape index (κ3) is 2.93. The van der Waals surface area contributed by atoms with Gasteiger partial charge in [-0.15, -0.1) is 0 Å². The fourth-order valence-corrected chi connectivity index (χ4v) is 2.29. The molecule has 0 bridgehead atoms. The highest BCUT2D eigenvalue weighted by Crippen LogP contribution is 2.25. The normalized spacial score (nSPS) is 10.1. The van der Waals surface area contributed by atoms with Crippen molar-refractivity contribution < 1.29 is 5.11 Å². The first kappa shape index (κ1) is 14.1. The standard InChI is InChI=1S/C19H16N2O/c1-14-8-10-16(11-9-14)21-19-18(7-4-12-22)17-6-3-2-5-15(17)13-20-19/h2-3,5-6,8-11,13,22H,12H2,1H3,(H,20,21). The van der Waals surface area contributed by atoms with E-state index in [1.807, 2.05) is 54.7 Å². The van der Waals surface area contributed by atoms with Crippen molar-refractivity contribution >= 4 is 22.3 Å². The van der Waals surface area contributed by atoms with Crippen LogP contribution >= 0.6 is 0 Å². The lowest BCUT2D eigenvalue weighted by atomic mass is 10.1. The smallest absolute Gasteiger partial charge is 0.146 e. The van der Waals surface area contributed by atoms with Crippen LogP contribution in [0.3, 0.4) is 0 Å². The van der Waals surface area contributed by atoms with Crippen LogP contribution in [0.4, 0.5) is 11.5 Å². The largest absolute Gasteiger partial charge is 0.384 e. The van der Waals surface area contributed by atoms with E-state index >= 15 is 0 Å². The summed E-state index contributed by atoms with van der Waals surface area (Å²) in [4.78, 5) is 4.48. The summed E-state index contributed by atoms with van der Waals surface area (Å²) in [5, 5.41) is 14.4. The highest BCUT2D eigenvalue weighted by atomic mass is 16.2. The van der Waals surface area contributed by atoms with Crippen LogP contribution in [0, 0.1) is 18.8 Å². The first-order valence-electron chi connectivity index (χ1n) is 7.09.